The molecule has 0 saturated heterocycles. The number of hydrogen-bond donors (Lipinski definition) is 3. The van der Waals surface area contributed by atoms with Crippen molar-refractivity contribution in [3.63, 3.8) is 0 Å². The molecule has 1 aliphatic carbocycles. The fourth-order valence-electron chi connectivity index (χ4n) is 5.58. The molecular weight excluding hydrogens is 504 g/mol. The van der Waals surface area contributed by atoms with Crippen LogP contribution in [0, 0.1) is 12.8 Å². The van der Waals surface area contributed by atoms with E-state index in [4.69, 9.17) is 4.98 Å². The van der Waals surface area contributed by atoms with Gasteiger partial charge in [0.05, 0.1) is 28.8 Å². The number of fused-ring (bicyclic) bond motifs is 2. The van der Waals surface area contributed by atoms with Crippen LogP contribution in [0.5, 0.6) is 0 Å². The summed E-state index contributed by atoms with van der Waals surface area (Å²) >= 11 is 1.80. The number of aromatic amines is 2. The predicted molar refractivity (Wildman–Crippen MR) is 158 cm³/mol. The third-order valence-electron chi connectivity index (χ3n) is 7.61. The van der Waals surface area contributed by atoms with E-state index in [1.54, 1.807) is 23.7 Å². The zero-order chi connectivity index (χ0) is 26.3. The molecule has 1 fully saturated rings. The van der Waals surface area contributed by atoms with Crippen LogP contribution in [0.2, 0.25) is 0 Å². The van der Waals surface area contributed by atoms with Crippen LogP contribution < -0.4 is 5.32 Å². The number of H-pyrrole nitrogens is 2. The quantitative estimate of drug-likeness (QED) is 0.212. The Morgan fingerprint density at radius 1 is 1.00 bits per heavy atom. The van der Waals surface area contributed by atoms with Crippen LogP contribution in [-0.4, -0.2) is 31.1 Å². The molecule has 3 N–H and O–H groups in total. The zero-order valence-electron chi connectivity index (χ0n) is 21.6. The highest BCUT2D eigenvalue weighted by Gasteiger charge is 2.21. The second-order valence-corrected chi connectivity index (χ2v) is 11.6. The van der Waals surface area contributed by atoms with Crippen LogP contribution in [0.3, 0.4) is 0 Å². The molecule has 1 aliphatic rings. The van der Waals surface area contributed by atoms with Gasteiger partial charge in [-0.25, -0.2) is 4.98 Å². The van der Waals surface area contributed by atoms with Gasteiger partial charge in [0.1, 0.15) is 11.2 Å². The minimum Gasteiger partial charge on any atom is -0.353 e. The van der Waals surface area contributed by atoms with Gasteiger partial charge >= 0.3 is 0 Å². The molecule has 6 aromatic rings. The molecule has 8 heteroatoms. The molecule has 1 aromatic carbocycles. The fraction of sp³-hybridized carbons (Fsp3) is 0.226. The Bertz CT molecular complexity index is 1820. The average Bonchev–Trinajstić information content (AvgIpc) is 3.71. The maximum absolute atomic E-state index is 12.8. The van der Waals surface area contributed by atoms with Crippen LogP contribution >= 0.6 is 11.3 Å². The highest BCUT2D eigenvalue weighted by Crippen LogP contribution is 2.37. The van der Waals surface area contributed by atoms with Gasteiger partial charge in [0, 0.05) is 43.9 Å². The molecule has 1 amide bonds. The Labute approximate surface area is 229 Å². The third-order valence-corrected chi connectivity index (χ3v) is 8.64. The average molecular weight is 533 g/mol. The smallest absolute Gasteiger partial charge is 0.227 e. The van der Waals surface area contributed by atoms with E-state index in [-0.39, 0.29) is 11.8 Å². The van der Waals surface area contributed by atoms with Crippen molar-refractivity contribution in [1.82, 2.24) is 25.1 Å². The number of benzene rings is 1. The Morgan fingerprint density at radius 3 is 2.74 bits per heavy atom. The number of nitrogens with zero attached hydrogens (tertiary/aromatic N) is 3. The lowest BCUT2D eigenvalue weighted by Crippen LogP contribution is -2.24. The van der Waals surface area contributed by atoms with Gasteiger partial charge in [0.25, 0.3) is 0 Å². The summed E-state index contributed by atoms with van der Waals surface area (Å²) in [7, 11) is 0. The predicted octanol–water partition coefficient (Wildman–Crippen LogP) is 7.72. The molecule has 0 atom stereocenters. The lowest BCUT2D eigenvalue weighted by molar-refractivity contribution is -0.120. The van der Waals surface area contributed by atoms with Crippen LogP contribution in [0.1, 0.15) is 37.0 Å². The number of nitrogens with one attached hydrogen (secondary N) is 3. The first-order valence-electron chi connectivity index (χ1n) is 13.4. The largest absolute Gasteiger partial charge is 0.353 e. The summed E-state index contributed by atoms with van der Waals surface area (Å²) in [5.41, 5.74) is 7.91. The lowest BCUT2D eigenvalue weighted by atomic mass is 9.88. The molecule has 0 unspecified atom stereocenters. The van der Waals surface area contributed by atoms with Crippen molar-refractivity contribution in [3.8, 4) is 33.1 Å². The molecule has 5 aromatic heterocycles. The molecule has 0 aliphatic heterocycles. The van der Waals surface area contributed by atoms with Gasteiger partial charge < -0.3 is 10.3 Å². The molecule has 0 spiro atoms. The molecular formula is C31H28N6OS. The third kappa shape index (κ3) is 4.51. The molecule has 7 rings (SSSR count). The number of amides is 1. The van der Waals surface area contributed by atoms with E-state index in [9.17, 15) is 4.79 Å². The normalized spacial score (nSPS) is 14.3. The van der Waals surface area contributed by atoms with Gasteiger partial charge in [-0.1, -0.05) is 31.4 Å². The minimum absolute atomic E-state index is 0.0880. The minimum atomic E-state index is 0.0880. The second-order valence-electron chi connectivity index (χ2n) is 10.3. The summed E-state index contributed by atoms with van der Waals surface area (Å²) < 4.78 is 0. The van der Waals surface area contributed by atoms with Gasteiger partial charge in [-0.3, -0.25) is 14.9 Å². The summed E-state index contributed by atoms with van der Waals surface area (Å²) in [6, 6.07) is 18.7. The highest BCUT2D eigenvalue weighted by atomic mass is 32.1. The Balaban J connectivity index is 1.22. The SMILES string of the molecule is Cc1ccc(-c2cccc3[nH]c(-c4n[nH]c5ccc(-c6cncc(NC(=O)C7CCCCC7)c6)nc45)cc23)s1. The first-order chi connectivity index (χ1) is 19.1. The van der Waals surface area contributed by atoms with E-state index < -0.39 is 0 Å². The molecule has 39 heavy (non-hydrogen) atoms. The van der Waals surface area contributed by atoms with Gasteiger partial charge in [-0.15, -0.1) is 11.3 Å². The van der Waals surface area contributed by atoms with Gasteiger partial charge in [-0.2, -0.15) is 5.10 Å². The summed E-state index contributed by atoms with van der Waals surface area (Å²) in [6.45, 7) is 2.13. The number of aryl methyl sites for hydroxylation is 1. The van der Waals surface area contributed by atoms with Crippen LogP contribution in [0.15, 0.2) is 67.0 Å². The van der Waals surface area contributed by atoms with Crippen molar-refractivity contribution in [1.29, 1.82) is 0 Å². The van der Waals surface area contributed by atoms with E-state index in [0.29, 0.717) is 5.69 Å². The second kappa shape index (κ2) is 9.78. The monoisotopic (exact) mass is 532 g/mol. The number of anilines is 1. The maximum atomic E-state index is 12.8. The van der Waals surface area contributed by atoms with E-state index in [1.165, 1.54) is 21.7 Å². The number of carbonyl (C=O) groups is 1. The summed E-state index contributed by atoms with van der Waals surface area (Å²) in [5.74, 6) is 0.177. The molecule has 7 nitrogen and oxygen atoms in total. The van der Waals surface area contributed by atoms with Crippen molar-refractivity contribution < 1.29 is 4.79 Å². The Kier molecular flexibility index (Phi) is 5.97. The molecule has 1 saturated carbocycles. The first-order valence-corrected chi connectivity index (χ1v) is 14.2. The molecule has 0 bridgehead atoms. The van der Waals surface area contributed by atoms with Gasteiger partial charge in [0.15, 0.2) is 0 Å². The van der Waals surface area contributed by atoms with Crippen molar-refractivity contribution in [3.05, 3.63) is 71.9 Å². The summed E-state index contributed by atoms with van der Waals surface area (Å²) in [6.07, 6.45) is 8.87. The van der Waals surface area contributed by atoms with Crippen molar-refractivity contribution >= 4 is 44.9 Å². The standard InChI is InChI=1S/C31H28N6OS/c1-18-10-13-28(39-18)22-8-5-9-25-23(22)15-27(34-25)30-29-26(36-37-30)12-11-24(35-29)20-14-21(17-32-16-20)33-31(38)19-6-3-2-4-7-19/h5,8-17,19,34H,2-4,6-7H2,1H3,(H,33,38)(H,36,37). The van der Waals surface area contributed by atoms with E-state index in [1.807, 2.05) is 18.2 Å². The Hall–Kier alpha value is -4.30. The number of carbonyl (C=O) groups excluding carboxylic acids is 1. The topological polar surface area (TPSA) is 99.4 Å². The summed E-state index contributed by atoms with van der Waals surface area (Å²) in [5, 5.41) is 12.0. The lowest BCUT2D eigenvalue weighted by Gasteiger charge is -2.20. The highest BCUT2D eigenvalue weighted by molar-refractivity contribution is 7.15. The van der Waals surface area contributed by atoms with Crippen LogP contribution in [0.4, 0.5) is 5.69 Å². The van der Waals surface area contributed by atoms with Crippen molar-refractivity contribution in [2.75, 3.05) is 5.32 Å². The molecule has 5 heterocycles. The maximum Gasteiger partial charge on any atom is 0.227 e. The molecule has 0 radical (unpaired) electrons. The number of hydrogen-bond acceptors (Lipinski definition) is 5. The number of thiophene rings is 1. The van der Waals surface area contributed by atoms with E-state index >= 15 is 0 Å². The first kappa shape index (κ1) is 23.8. The zero-order valence-corrected chi connectivity index (χ0v) is 22.4. The summed E-state index contributed by atoms with van der Waals surface area (Å²) in [4.78, 5) is 28.2. The van der Waals surface area contributed by atoms with Gasteiger partial charge in [0.2, 0.25) is 5.91 Å². The van der Waals surface area contributed by atoms with E-state index in [2.05, 4.69) is 68.8 Å². The van der Waals surface area contributed by atoms with Crippen molar-refractivity contribution in [2.24, 2.45) is 5.92 Å². The van der Waals surface area contributed by atoms with Crippen LogP contribution in [0.25, 0.3) is 55.0 Å². The number of pyridine rings is 2. The van der Waals surface area contributed by atoms with Crippen molar-refractivity contribution in [2.45, 2.75) is 39.0 Å². The van der Waals surface area contributed by atoms with Crippen LogP contribution in [-0.2, 0) is 4.79 Å². The Morgan fingerprint density at radius 2 is 1.90 bits per heavy atom. The number of aromatic nitrogens is 5. The fourth-order valence-corrected chi connectivity index (χ4v) is 6.49. The number of rotatable bonds is 5. The van der Waals surface area contributed by atoms with Gasteiger partial charge in [-0.05, 0) is 62.2 Å². The molecule has 194 valence electrons. The van der Waals surface area contributed by atoms with E-state index in [0.717, 1.165) is 70.3 Å².